The molecule has 0 N–H and O–H groups in total. The number of hydrogen-bond acceptors (Lipinski definition) is 5. The molecule has 1 saturated heterocycles. The topological polar surface area (TPSA) is 38.8 Å². The van der Waals surface area contributed by atoms with Gasteiger partial charge < -0.3 is 9.47 Å². The Morgan fingerprint density at radius 1 is 0.938 bits per heavy atom. The van der Waals surface area contributed by atoms with Crippen LogP contribution in [0.2, 0.25) is 0 Å². The van der Waals surface area contributed by atoms with E-state index in [2.05, 4.69) is 15.9 Å². The van der Waals surface area contributed by atoms with Gasteiger partial charge >= 0.3 is 0 Å². The molecule has 1 aliphatic rings. The Balaban J connectivity index is 1.39. The third-order valence-corrected chi connectivity index (χ3v) is 6.78. The molecule has 32 heavy (non-hydrogen) atoms. The number of hydrogen-bond donors (Lipinski definition) is 0. The molecule has 7 heteroatoms. The van der Waals surface area contributed by atoms with E-state index >= 15 is 0 Å². The van der Waals surface area contributed by atoms with Gasteiger partial charge in [0.2, 0.25) is 0 Å². The van der Waals surface area contributed by atoms with Crippen LogP contribution >= 0.6 is 39.9 Å². The van der Waals surface area contributed by atoms with Crippen molar-refractivity contribution in [2.45, 2.75) is 13.2 Å². The number of thioether (sulfide) groups is 1. The van der Waals surface area contributed by atoms with Crippen LogP contribution in [0.1, 0.15) is 16.7 Å². The number of amides is 1. The van der Waals surface area contributed by atoms with Crippen LogP contribution < -0.4 is 9.47 Å². The lowest BCUT2D eigenvalue weighted by molar-refractivity contribution is -0.122. The number of ether oxygens (including phenoxy) is 2. The lowest BCUT2D eigenvalue weighted by Crippen LogP contribution is -2.27. The number of rotatable bonds is 7. The van der Waals surface area contributed by atoms with Crippen LogP contribution in [0.15, 0.2) is 82.2 Å². The largest absolute Gasteiger partial charge is 0.497 e. The van der Waals surface area contributed by atoms with Gasteiger partial charge in [0, 0.05) is 4.47 Å². The number of carbonyl (C=O) groups excluding carboxylic acids is 1. The molecular weight excluding hydrogens is 506 g/mol. The number of benzene rings is 3. The molecule has 1 heterocycles. The van der Waals surface area contributed by atoms with Crippen molar-refractivity contribution in [3.05, 3.63) is 98.9 Å². The second-order valence-corrected chi connectivity index (χ2v) is 9.69. The first-order chi connectivity index (χ1) is 15.5. The quantitative estimate of drug-likeness (QED) is 0.262. The van der Waals surface area contributed by atoms with E-state index in [0.29, 0.717) is 22.4 Å². The van der Waals surface area contributed by atoms with Crippen molar-refractivity contribution < 1.29 is 14.3 Å². The van der Waals surface area contributed by atoms with Crippen molar-refractivity contribution in [2.24, 2.45) is 0 Å². The van der Waals surface area contributed by atoms with E-state index in [-0.39, 0.29) is 5.91 Å². The first-order valence-corrected chi connectivity index (χ1v) is 11.9. The van der Waals surface area contributed by atoms with Crippen molar-refractivity contribution in [1.82, 2.24) is 4.90 Å². The van der Waals surface area contributed by atoms with E-state index in [4.69, 9.17) is 21.7 Å². The molecule has 162 valence electrons. The van der Waals surface area contributed by atoms with E-state index in [1.54, 1.807) is 12.0 Å². The summed E-state index contributed by atoms with van der Waals surface area (Å²) < 4.78 is 12.6. The van der Waals surface area contributed by atoms with Crippen LogP contribution in [0.25, 0.3) is 6.08 Å². The third-order valence-electron chi connectivity index (χ3n) is 4.87. The van der Waals surface area contributed by atoms with Crippen molar-refractivity contribution in [3.63, 3.8) is 0 Å². The zero-order valence-corrected chi connectivity index (χ0v) is 20.5. The molecule has 0 unspecified atom stereocenters. The minimum absolute atomic E-state index is 0.0774. The smallest absolute Gasteiger partial charge is 0.266 e. The summed E-state index contributed by atoms with van der Waals surface area (Å²) >= 11 is 10.2. The summed E-state index contributed by atoms with van der Waals surface area (Å²) in [6.07, 6.45) is 1.87. The maximum absolute atomic E-state index is 12.9. The zero-order valence-electron chi connectivity index (χ0n) is 17.3. The second kappa shape index (κ2) is 10.3. The van der Waals surface area contributed by atoms with E-state index in [0.717, 1.165) is 32.7 Å². The second-order valence-electron chi connectivity index (χ2n) is 7.10. The number of methoxy groups -OCH3 is 1. The Bertz CT molecular complexity index is 1140. The molecule has 3 aromatic carbocycles. The molecule has 0 saturated carbocycles. The summed E-state index contributed by atoms with van der Waals surface area (Å²) in [6, 6.07) is 23.3. The van der Waals surface area contributed by atoms with E-state index < -0.39 is 0 Å². The van der Waals surface area contributed by atoms with Gasteiger partial charge in [-0.15, -0.1) is 0 Å². The highest BCUT2D eigenvalue weighted by Gasteiger charge is 2.31. The first-order valence-electron chi connectivity index (χ1n) is 9.87. The van der Waals surface area contributed by atoms with E-state index in [1.807, 2.05) is 78.9 Å². The molecule has 4 rings (SSSR count). The molecule has 0 atom stereocenters. The van der Waals surface area contributed by atoms with Gasteiger partial charge in [0.1, 0.15) is 22.4 Å². The SMILES string of the molecule is COc1ccc(CN2C(=O)C(=Cc3ccc(OCc4ccc(Br)cc4)cc3)SC2=S)cc1. The number of halogens is 1. The van der Waals surface area contributed by atoms with Gasteiger partial charge in [-0.1, -0.05) is 76.3 Å². The molecule has 4 nitrogen and oxygen atoms in total. The van der Waals surface area contributed by atoms with Crippen LogP contribution in [0.5, 0.6) is 11.5 Å². The molecule has 0 aliphatic carbocycles. The Morgan fingerprint density at radius 3 is 2.22 bits per heavy atom. The molecule has 0 aromatic heterocycles. The lowest BCUT2D eigenvalue weighted by atomic mass is 10.2. The zero-order chi connectivity index (χ0) is 22.5. The molecule has 0 spiro atoms. The summed E-state index contributed by atoms with van der Waals surface area (Å²) in [4.78, 5) is 15.1. The molecule has 1 amide bonds. The minimum Gasteiger partial charge on any atom is -0.497 e. The third kappa shape index (κ3) is 5.59. The lowest BCUT2D eigenvalue weighted by Gasteiger charge is -2.14. The predicted molar refractivity (Wildman–Crippen MR) is 137 cm³/mol. The average Bonchev–Trinajstić information content (AvgIpc) is 3.07. The van der Waals surface area contributed by atoms with E-state index in [9.17, 15) is 4.79 Å². The van der Waals surface area contributed by atoms with Crippen LogP contribution in [-0.2, 0) is 17.9 Å². The summed E-state index contributed by atoms with van der Waals surface area (Å²) in [7, 11) is 1.63. The molecule has 0 radical (unpaired) electrons. The normalized spacial score (nSPS) is 14.8. The maximum atomic E-state index is 12.9. The Morgan fingerprint density at radius 2 is 1.56 bits per heavy atom. The van der Waals surface area contributed by atoms with Crippen molar-refractivity contribution in [2.75, 3.05) is 7.11 Å². The van der Waals surface area contributed by atoms with Gasteiger partial charge in [-0.2, -0.15) is 0 Å². The number of thiocarbonyl (C=S) groups is 1. The Kier molecular flexibility index (Phi) is 7.29. The van der Waals surface area contributed by atoms with Crippen LogP contribution in [0.3, 0.4) is 0 Å². The molecule has 0 bridgehead atoms. The first kappa shape index (κ1) is 22.6. The summed E-state index contributed by atoms with van der Waals surface area (Å²) in [5.74, 6) is 1.48. The summed E-state index contributed by atoms with van der Waals surface area (Å²) in [5, 5.41) is 0. The van der Waals surface area contributed by atoms with Gasteiger partial charge in [0.05, 0.1) is 18.6 Å². The van der Waals surface area contributed by atoms with Gasteiger partial charge in [0.15, 0.2) is 0 Å². The standard InChI is InChI=1S/C25H20BrNO3S2/c1-29-21-10-6-18(7-11-21)15-27-24(28)23(32-25(27)31)14-17-4-12-22(13-5-17)30-16-19-2-8-20(26)9-3-19/h2-14H,15-16H2,1H3. The maximum Gasteiger partial charge on any atom is 0.266 e. The fourth-order valence-corrected chi connectivity index (χ4v) is 4.63. The highest BCUT2D eigenvalue weighted by Crippen LogP contribution is 2.34. The molecular formula is C25H20BrNO3S2. The Labute approximate surface area is 205 Å². The van der Waals surface area contributed by atoms with Gasteiger partial charge in [-0.05, 0) is 59.2 Å². The summed E-state index contributed by atoms with van der Waals surface area (Å²) in [5.41, 5.74) is 3.01. The minimum atomic E-state index is -0.0774. The number of carbonyl (C=O) groups is 1. The van der Waals surface area contributed by atoms with Crippen LogP contribution in [0, 0.1) is 0 Å². The van der Waals surface area contributed by atoms with E-state index in [1.165, 1.54) is 11.8 Å². The molecule has 3 aromatic rings. The van der Waals surface area contributed by atoms with Gasteiger partial charge in [-0.3, -0.25) is 9.69 Å². The van der Waals surface area contributed by atoms with Crippen LogP contribution in [0.4, 0.5) is 0 Å². The van der Waals surface area contributed by atoms with Gasteiger partial charge in [-0.25, -0.2) is 0 Å². The molecule has 1 fully saturated rings. The van der Waals surface area contributed by atoms with Crippen molar-refractivity contribution in [1.29, 1.82) is 0 Å². The fourth-order valence-electron chi connectivity index (χ4n) is 3.11. The number of nitrogens with zero attached hydrogens (tertiary/aromatic N) is 1. The average molecular weight is 526 g/mol. The fraction of sp³-hybridized carbons (Fsp3) is 0.120. The highest BCUT2D eigenvalue weighted by molar-refractivity contribution is 9.10. The van der Waals surface area contributed by atoms with Crippen molar-refractivity contribution in [3.8, 4) is 11.5 Å². The monoisotopic (exact) mass is 525 g/mol. The predicted octanol–water partition coefficient (Wildman–Crippen LogP) is 6.44. The summed E-state index contributed by atoms with van der Waals surface area (Å²) in [6.45, 7) is 0.936. The van der Waals surface area contributed by atoms with Crippen LogP contribution in [-0.4, -0.2) is 22.2 Å². The van der Waals surface area contributed by atoms with Crippen molar-refractivity contribution >= 4 is 56.2 Å². The highest BCUT2D eigenvalue weighted by atomic mass is 79.9. The molecule has 1 aliphatic heterocycles. The Hall–Kier alpha value is -2.61. The van der Waals surface area contributed by atoms with Gasteiger partial charge in [0.25, 0.3) is 5.91 Å².